The molecule has 2 unspecified atom stereocenters. The molecule has 0 aromatic rings. The fraction of sp³-hybridized carbons (Fsp3) is 0.944. The fourth-order valence-corrected chi connectivity index (χ4v) is 11.4. The van der Waals surface area contributed by atoms with Crippen molar-refractivity contribution in [2.75, 3.05) is 13.2 Å². The summed E-state index contributed by atoms with van der Waals surface area (Å²) >= 11 is 0. The first-order chi connectivity index (χ1) is 38.0. The number of unbranched alkanes of at least 4 members (excludes halogenated alkanes) is 54. The number of esters is 1. The van der Waals surface area contributed by atoms with E-state index in [4.69, 9.17) is 4.74 Å². The predicted octanol–water partition coefficient (Wildman–Crippen LogP) is 22.8. The molecule has 6 heteroatoms. The van der Waals surface area contributed by atoms with Crippen LogP contribution in [0.1, 0.15) is 406 Å². The third-order valence-electron chi connectivity index (χ3n) is 16.8. The summed E-state index contributed by atoms with van der Waals surface area (Å²) < 4.78 is 5.51. The second-order valence-corrected chi connectivity index (χ2v) is 24.6. The molecular formula is C71H139NO5. The number of nitrogens with one attached hydrogen (secondary N) is 1. The molecule has 0 aliphatic rings. The maximum atomic E-state index is 12.5. The highest BCUT2D eigenvalue weighted by molar-refractivity contribution is 5.76. The monoisotopic (exact) mass is 1090 g/mol. The summed E-state index contributed by atoms with van der Waals surface area (Å²) in [4.78, 5) is 24.7. The Labute approximate surface area is 482 Å². The van der Waals surface area contributed by atoms with E-state index < -0.39 is 12.1 Å². The summed E-state index contributed by atoms with van der Waals surface area (Å²) in [5, 5.41) is 23.4. The standard InChI is InChI=1S/C71H139NO5/c1-3-5-7-9-11-13-15-17-19-21-23-28-31-35-39-43-47-51-55-59-63-69(74)68(67-73)72-70(75)64-60-56-52-48-44-40-36-32-29-25-24-26-30-34-38-42-46-50-54-58-62-66-77-71(76)65-61-57-53-49-45-41-37-33-27-22-20-18-16-14-12-10-8-6-4-2/h18,20,68-69,73-74H,3-17,19,21-67H2,1-2H3,(H,72,75)/b20-18-. The number of allylic oxidation sites excluding steroid dienone is 2. The van der Waals surface area contributed by atoms with Crippen molar-refractivity contribution in [3.05, 3.63) is 12.2 Å². The molecular weight excluding hydrogens is 947 g/mol. The van der Waals surface area contributed by atoms with Crippen LogP contribution in [0.2, 0.25) is 0 Å². The van der Waals surface area contributed by atoms with Gasteiger partial charge in [0.05, 0.1) is 25.4 Å². The van der Waals surface area contributed by atoms with E-state index in [1.807, 2.05) is 0 Å². The average molecular weight is 1090 g/mol. The van der Waals surface area contributed by atoms with E-state index in [0.717, 1.165) is 44.9 Å². The van der Waals surface area contributed by atoms with Gasteiger partial charge in [-0.2, -0.15) is 0 Å². The minimum atomic E-state index is -0.665. The summed E-state index contributed by atoms with van der Waals surface area (Å²) in [6, 6.07) is -0.543. The number of aliphatic hydroxyl groups is 2. The molecule has 0 rings (SSSR count). The van der Waals surface area contributed by atoms with Gasteiger partial charge < -0.3 is 20.3 Å². The molecule has 1 amide bonds. The molecule has 77 heavy (non-hydrogen) atoms. The second-order valence-electron chi connectivity index (χ2n) is 24.6. The molecule has 0 heterocycles. The summed E-state index contributed by atoms with van der Waals surface area (Å²) in [6.45, 7) is 4.99. The molecule has 2 atom stereocenters. The van der Waals surface area contributed by atoms with Crippen LogP contribution in [0.5, 0.6) is 0 Å². The van der Waals surface area contributed by atoms with Gasteiger partial charge in [-0.3, -0.25) is 9.59 Å². The zero-order valence-electron chi connectivity index (χ0n) is 52.5. The van der Waals surface area contributed by atoms with Gasteiger partial charge in [0.25, 0.3) is 0 Å². The first-order valence-corrected chi connectivity index (χ1v) is 35.4. The van der Waals surface area contributed by atoms with Crippen molar-refractivity contribution in [1.82, 2.24) is 5.32 Å². The average Bonchev–Trinajstić information content (AvgIpc) is 3.43. The molecule has 458 valence electrons. The Morgan fingerprint density at radius 1 is 0.351 bits per heavy atom. The zero-order chi connectivity index (χ0) is 55.7. The molecule has 0 bridgehead atoms. The smallest absolute Gasteiger partial charge is 0.305 e. The molecule has 0 saturated heterocycles. The lowest BCUT2D eigenvalue weighted by molar-refractivity contribution is -0.143. The lowest BCUT2D eigenvalue weighted by atomic mass is 10.0. The normalized spacial score (nSPS) is 12.5. The van der Waals surface area contributed by atoms with Crippen molar-refractivity contribution in [3.8, 4) is 0 Å². The molecule has 0 fully saturated rings. The summed E-state index contributed by atoms with van der Waals surface area (Å²) in [7, 11) is 0. The molecule has 0 aromatic carbocycles. The van der Waals surface area contributed by atoms with Crippen LogP contribution >= 0.6 is 0 Å². The van der Waals surface area contributed by atoms with Crippen LogP contribution in [-0.2, 0) is 14.3 Å². The Bertz CT molecular complexity index is 1160. The lowest BCUT2D eigenvalue weighted by Crippen LogP contribution is -2.45. The number of hydrogen-bond acceptors (Lipinski definition) is 5. The molecule has 0 aromatic heterocycles. The number of hydrogen-bond donors (Lipinski definition) is 3. The minimum absolute atomic E-state index is 0.0130. The van der Waals surface area contributed by atoms with Gasteiger partial charge in [0.1, 0.15) is 0 Å². The van der Waals surface area contributed by atoms with Crippen LogP contribution in [0.25, 0.3) is 0 Å². The van der Waals surface area contributed by atoms with Crippen LogP contribution in [0.15, 0.2) is 12.2 Å². The van der Waals surface area contributed by atoms with E-state index in [2.05, 4.69) is 31.3 Å². The van der Waals surface area contributed by atoms with Crippen LogP contribution in [-0.4, -0.2) is 47.4 Å². The first-order valence-electron chi connectivity index (χ1n) is 35.4. The molecule has 6 nitrogen and oxygen atoms in total. The van der Waals surface area contributed by atoms with Gasteiger partial charge >= 0.3 is 5.97 Å². The van der Waals surface area contributed by atoms with Crippen molar-refractivity contribution >= 4 is 11.9 Å². The predicted molar refractivity (Wildman–Crippen MR) is 338 cm³/mol. The van der Waals surface area contributed by atoms with Gasteiger partial charge in [-0.05, 0) is 51.4 Å². The molecule has 0 aliphatic heterocycles. The second kappa shape index (κ2) is 67.1. The van der Waals surface area contributed by atoms with Gasteiger partial charge in [-0.15, -0.1) is 0 Å². The van der Waals surface area contributed by atoms with Crippen molar-refractivity contribution in [1.29, 1.82) is 0 Å². The van der Waals surface area contributed by atoms with Crippen LogP contribution in [0, 0.1) is 0 Å². The Morgan fingerprint density at radius 3 is 0.922 bits per heavy atom. The summed E-state index contributed by atoms with van der Waals surface area (Å²) in [5.41, 5.74) is 0. The molecule has 0 spiro atoms. The number of rotatable bonds is 67. The number of ether oxygens (including phenoxy) is 1. The Hall–Kier alpha value is -1.40. The molecule has 3 N–H and O–H groups in total. The highest BCUT2D eigenvalue weighted by Gasteiger charge is 2.20. The third-order valence-corrected chi connectivity index (χ3v) is 16.8. The highest BCUT2D eigenvalue weighted by atomic mass is 16.5. The van der Waals surface area contributed by atoms with Gasteiger partial charge in [0.2, 0.25) is 5.91 Å². The number of carbonyl (C=O) groups excluding carboxylic acids is 2. The van der Waals surface area contributed by atoms with Gasteiger partial charge in [0, 0.05) is 12.8 Å². The largest absolute Gasteiger partial charge is 0.466 e. The van der Waals surface area contributed by atoms with E-state index in [1.54, 1.807) is 0 Å². The SMILES string of the molecule is CCCCCCCC/C=C\CCCCCCCCCCCC(=O)OCCCCCCCCCCCCCCCCCCCCCCCC(=O)NC(CO)C(O)CCCCCCCCCCCCCCCCCCCCCC. The first kappa shape index (κ1) is 75.6. The minimum Gasteiger partial charge on any atom is -0.466 e. The van der Waals surface area contributed by atoms with E-state index in [0.29, 0.717) is 25.9 Å². The number of carbonyl (C=O) groups is 2. The van der Waals surface area contributed by atoms with Crippen LogP contribution in [0.3, 0.4) is 0 Å². The van der Waals surface area contributed by atoms with E-state index >= 15 is 0 Å². The summed E-state index contributed by atoms with van der Waals surface area (Å²) in [5.74, 6) is -0.0182. The molecule has 0 aliphatic carbocycles. The van der Waals surface area contributed by atoms with Crippen molar-refractivity contribution in [2.45, 2.75) is 418 Å². The number of amides is 1. The Morgan fingerprint density at radius 2 is 0.610 bits per heavy atom. The van der Waals surface area contributed by atoms with E-state index in [-0.39, 0.29) is 18.5 Å². The maximum absolute atomic E-state index is 12.5. The lowest BCUT2D eigenvalue weighted by Gasteiger charge is -2.22. The third kappa shape index (κ3) is 63.6. The van der Waals surface area contributed by atoms with Gasteiger partial charge in [0.15, 0.2) is 0 Å². The number of aliphatic hydroxyl groups excluding tert-OH is 2. The Kier molecular flexibility index (Phi) is 65.9. The van der Waals surface area contributed by atoms with Gasteiger partial charge in [-0.1, -0.05) is 353 Å². The van der Waals surface area contributed by atoms with E-state index in [1.165, 1.54) is 327 Å². The quantitative estimate of drug-likeness (QED) is 0.0320. The zero-order valence-corrected chi connectivity index (χ0v) is 52.5. The maximum Gasteiger partial charge on any atom is 0.305 e. The Balaban J connectivity index is 3.37. The van der Waals surface area contributed by atoms with Gasteiger partial charge in [-0.25, -0.2) is 0 Å². The van der Waals surface area contributed by atoms with E-state index in [9.17, 15) is 19.8 Å². The summed E-state index contributed by atoms with van der Waals surface area (Å²) in [6.07, 6.45) is 82.5. The van der Waals surface area contributed by atoms with Crippen LogP contribution in [0.4, 0.5) is 0 Å². The molecule has 0 radical (unpaired) electrons. The molecule has 0 saturated carbocycles. The van der Waals surface area contributed by atoms with Crippen molar-refractivity contribution in [3.63, 3.8) is 0 Å². The fourth-order valence-electron chi connectivity index (χ4n) is 11.4. The highest BCUT2D eigenvalue weighted by Crippen LogP contribution is 2.19. The van der Waals surface area contributed by atoms with Crippen LogP contribution < -0.4 is 5.32 Å². The van der Waals surface area contributed by atoms with Crippen molar-refractivity contribution < 1.29 is 24.5 Å². The topological polar surface area (TPSA) is 95.9 Å². The van der Waals surface area contributed by atoms with Crippen molar-refractivity contribution in [2.24, 2.45) is 0 Å².